The predicted molar refractivity (Wildman–Crippen MR) is 63.7 cm³/mol. The van der Waals surface area contributed by atoms with Gasteiger partial charge in [-0.15, -0.1) is 21.5 Å². The summed E-state index contributed by atoms with van der Waals surface area (Å²) in [5.74, 6) is 0.285. The van der Waals surface area contributed by atoms with Gasteiger partial charge in [0.1, 0.15) is 5.82 Å². The number of rotatable bonds is 3. The molecule has 96 valence electrons. The Bertz CT molecular complexity index is 524. The molecule has 0 radical (unpaired) electrons. The van der Waals surface area contributed by atoms with Gasteiger partial charge in [0.15, 0.2) is 5.69 Å². The van der Waals surface area contributed by atoms with Gasteiger partial charge in [0.05, 0.1) is 10.9 Å². The normalized spacial score (nSPS) is 11.6. The predicted octanol–water partition coefficient (Wildman–Crippen LogP) is 3.82. The molecule has 2 aromatic heterocycles. The van der Waals surface area contributed by atoms with Crippen molar-refractivity contribution in [2.24, 2.45) is 0 Å². The molecule has 0 unspecified atom stereocenters. The van der Waals surface area contributed by atoms with Crippen molar-refractivity contribution in [3.63, 3.8) is 0 Å². The lowest BCUT2D eigenvalue weighted by atomic mass is 10.3. The molecule has 0 saturated carbocycles. The standard InChI is InChI=1S/C10H7ClF3N3S/c11-8-3-1-6(18-8)5-15-9-4-2-7(16-17-9)10(12,13)14/h1-4H,5H2,(H,15,17). The summed E-state index contributed by atoms with van der Waals surface area (Å²) in [5.41, 5.74) is -1.01. The molecular weight excluding hydrogens is 287 g/mol. The molecule has 1 N–H and O–H groups in total. The van der Waals surface area contributed by atoms with Crippen molar-refractivity contribution in [2.45, 2.75) is 12.7 Å². The molecule has 0 aliphatic carbocycles. The summed E-state index contributed by atoms with van der Waals surface area (Å²) < 4.78 is 37.4. The smallest absolute Gasteiger partial charge is 0.364 e. The molecule has 2 rings (SSSR count). The summed E-state index contributed by atoms with van der Waals surface area (Å²) in [6.07, 6.45) is -4.47. The highest BCUT2D eigenvalue weighted by Crippen LogP contribution is 2.27. The maximum atomic E-state index is 12.2. The van der Waals surface area contributed by atoms with Gasteiger partial charge in [-0.1, -0.05) is 11.6 Å². The number of halogens is 4. The van der Waals surface area contributed by atoms with Crippen LogP contribution in [0, 0.1) is 0 Å². The van der Waals surface area contributed by atoms with E-state index in [9.17, 15) is 13.2 Å². The quantitative estimate of drug-likeness (QED) is 0.935. The Balaban J connectivity index is 1.98. The second kappa shape index (κ2) is 5.11. The Morgan fingerprint density at radius 1 is 1.17 bits per heavy atom. The Kier molecular flexibility index (Phi) is 3.72. The fraction of sp³-hybridized carbons (Fsp3) is 0.200. The van der Waals surface area contributed by atoms with Crippen molar-refractivity contribution in [3.05, 3.63) is 39.2 Å². The van der Waals surface area contributed by atoms with Gasteiger partial charge >= 0.3 is 6.18 Å². The molecule has 0 aliphatic heterocycles. The monoisotopic (exact) mass is 293 g/mol. The number of hydrogen-bond donors (Lipinski definition) is 1. The van der Waals surface area contributed by atoms with Crippen molar-refractivity contribution in [2.75, 3.05) is 5.32 Å². The van der Waals surface area contributed by atoms with Crippen LogP contribution in [0.4, 0.5) is 19.0 Å². The molecule has 0 fully saturated rings. The van der Waals surface area contributed by atoms with Crippen molar-refractivity contribution in [1.29, 1.82) is 0 Å². The third-order valence-corrected chi connectivity index (χ3v) is 3.26. The fourth-order valence-electron chi connectivity index (χ4n) is 1.20. The lowest BCUT2D eigenvalue weighted by Gasteiger charge is -2.06. The second-order valence-corrected chi connectivity index (χ2v) is 5.16. The number of aromatic nitrogens is 2. The number of hydrogen-bond acceptors (Lipinski definition) is 4. The maximum absolute atomic E-state index is 12.2. The zero-order valence-corrected chi connectivity index (χ0v) is 10.4. The Morgan fingerprint density at radius 3 is 2.44 bits per heavy atom. The van der Waals surface area contributed by atoms with Crippen molar-refractivity contribution in [3.8, 4) is 0 Å². The first-order valence-corrected chi connectivity index (χ1v) is 6.03. The van der Waals surface area contributed by atoms with E-state index in [4.69, 9.17) is 11.6 Å². The van der Waals surface area contributed by atoms with E-state index in [1.54, 1.807) is 6.07 Å². The minimum atomic E-state index is -4.47. The summed E-state index contributed by atoms with van der Waals surface area (Å²) in [6.45, 7) is 0.442. The van der Waals surface area contributed by atoms with Gasteiger partial charge in [-0.05, 0) is 24.3 Å². The molecule has 3 nitrogen and oxygen atoms in total. The van der Waals surface area contributed by atoms with E-state index >= 15 is 0 Å². The molecule has 0 aliphatic rings. The number of anilines is 1. The molecule has 2 heterocycles. The van der Waals surface area contributed by atoms with Crippen LogP contribution in [0.2, 0.25) is 4.34 Å². The van der Waals surface area contributed by atoms with Gasteiger partial charge in [0.25, 0.3) is 0 Å². The van der Waals surface area contributed by atoms with Gasteiger partial charge in [-0.2, -0.15) is 13.2 Å². The van der Waals surface area contributed by atoms with E-state index < -0.39 is 11.9 Å². The zero-order valence-electron chi connectivity index (χ0n) is 8.83. The molecule has 0 bridgehead atoms. The van der Waals surface area contributed by atoms with Crippen molar-refractivity contribution in [1.82, 2.24) is 10.2 Å². The second-order valence-electron chi connectivity index (χ2n) is 3.36. The van der Waals surface area contributed by atoms with Gasteiger partial charge in [0.2, 0.25) is 0 Å². The lowest BCUT2D eigenvalue weighted by Crippen LogP contribution is -2.10. The van der Waals surface area contributed by atoms with Crippen LogP contribution < -0.4 is 5.32 Å². The van der Waals surface area contributed by atoms with E-state index in [2.05, 4.69) is 15.5 Å². The number of nitrogens with one attached hydrogen (secondary N) is 1. The van der Waals surface area contributed by atoms with Crippen LogP contribution in [0.25, 0.3) is 0 Å². The highest BCUT2D eigenvalue weighted by molar-refractivity contribution is 7.16. The van der Waals surface area contributed by atoms with Crippen LogP contribution >= 0.6 is 22.9 Å². The highest BCUT2D eigenvalue weighted by atomic mass is 35.5. The van der Waals surface area contributed by atoms with Gasteiger partial charge in [0, 0.05) is 4.88 Å². The molecule has 0 atom stereocenters. The van der Waals surface area contributed by atoms with Crippen molar-refractivity contribution >= 4 is 28.8 Å². The van der Waals surface area contributed by atoms with Crippen LogP contribution in [0.1, 0.15) is 10.6 Å². The molecule has 2 aromatic rings. The van der Waals surface area contributed by atoms with E-state index in [-0.39, 0.29) is 5.82 Å². The average Bonchev–Trinajstić information content (AvgIpc) is 2.72. The molecule has 8 heteroatoms. The first kappa shape index (κ1) is 13.1. The topological polar surface area (TPSA) is 37.8 Å². The highest BCUT2D eigenvalue weighted by Gasteiger charge is 2.32. The molecular formula is C10H7ClF3N3S. The SMILES string of the molecule is FC(F)(F)c1ccc(NCc2ccc(Cl)s2)nn1. The molecule has 0 amide bonds. The number of nitrogens with zero attached hydrogens (tertiary/aromatic N) is 2. The summed E-state index contributed by atoms with van der Waals surface area (Å²) in [4.78, 5) is 0.960. The Hall–Kier alpha value is -1.34. The molecule has 0 aromatic carbocycles. The van der Waals surface area contributed by atoms with E-state index in [0.29, 0.717) is 10.9 Å². The summed E-state index contributed by atoms with van der Waals surface area (Å²) in [7, 11) is 0. The number of thiophene rings is 1. The van der Waals surface area contributed by atoms with E-state index in [1.165, 1.54) is 17.4 Å². The van der Waals surface area contributed by atoms with Crippen LogP contribution in [0.3, 0.4) is 0 Å². The minimum Gasteiger partial charge on any atom is -0.364 e. The van der Waals surface area contributed by atoms with Gasteiger partial charge in [-0.25, -0.2) is 0 Å². The third-order valence-electron chi connectivity index (χ3n) is 2.03. The van der Waals surface area contributed by atoms with Crippen LogP contribution in [-0.4, -0.2) is 10.2 Å². The summed E-state index contributed by atoms with van der Waals surface area (Å²) in [6, 6.07) is 5.71. The van der Waals surface area contributed by atoms with Gasteiger partial charge in [-0.3, -0.25) is 0 Å². The van der Waals surface area contributed by atoms with E-state index in [1.807, 2.05) is 6.07 Å². The number of alkyl halides is 3. The maximum Gasteiger partial charge on any atom is 0.435 e. The zero-order chi connectivity index (χ0) is 13.2. The minimum absolute atomic E-state index is 0.285. The van der Waals surface area contributed by atoms with Gasteiger partial charge < -0.3 is 5.32 Å². The van der Waals surface area contributed by atoms with E-state index in [0.717, 1.165) is 10.9 Å². The average molecular weight is 294 g/mol. The van der Waals surface area contributed by atoms with Crippen LogP contribution in [-0.2, 0) is 12.7 Å². The first-order chi connectivity index (χ1) is 8.45. The first-order valence-electron chi connectivity index (χ1n) is 4.84. The van der Waals surface area contributed by atoms with Crippen LogP contribution in [0.5, 0.6) is 0 Å². The largest absolute Gasteiger partial charge is 0.435 e. The Morgan fingerprint density at radius 2 is 1.94 bits per heavy atom. The summed E-state index contributed by atoms with van der Waals surface area (Å²) in [5, 5.41) is 9.43. The Labute approximate surface area is 110 Å². The molecule has 0 spiro atoms. The molecule has 0 saturated heterocycles. The summed E-state index contributed by atoms with van der Waals surface area (Å²) >= 11 is 7.14. The van der Waals surface area contributed by atoms with Crippen LogP contribution in [0.15, 0.2) is 24.3 Å². The van der Waals surface area contributed by atoms with Crippen molar-refractivity contribution < 1.29 is 13.2 Å². The lowest BCUT2D eigenvalue weighted by molar-refractivity contribution is -0.141. The molecule has 18 heavy (non-hydrogen) atoms. The fourth-order valence-corrected chi connectivity index (χ4v) is 2.23. The third kappa shape index (κ3) is 3.33.